The highest BCUT2D eigenvalue weighted by Crippen LogP contribution is 2.40. The predicted molar refractivity (Wildman–Crippen MR) is 92.1 cm³/mol. The Morgan fingerprint density at radius 3 is 2.70 bits per heavy atom. The number of halogens is 1. The molecule has 2 aromatic rings. The van der Waals surface area contributed by atoms with Crippen molar-refractivity contribution in [3.63, 3.8) is 0 Å². The number of benzene rings is 1. The van der Waals surface area contributed by atoms with Crippen LogP contribution in [0.5, 0.6) is 0 Å². The van der Waals surface area contributed by atoms with Crippen LogP contribution in [0.25, 0.3) is 0 Å². The number of nitrogens with zero attached hydrogens (tertiary/aromatic N) is 1. The predicted octanol–water partition coefficient (Wildman–Crippen LogP) is 4.39. The zero-order chi connectivity index (χ0) is 16.6. The number of nitrogens with one attached hydrogen (secondary N) is 1. The topological polar surface area (TPSA) is 66.1 Å². The molecule has 6 heteroatoms. The molecule has 0 saturated heterocycles. The molecular weight excluding hydrogens is 332 g/mol. The molecule has 1 aromatic carbocycles. The summed E-state index contributed by atoms with van der Waals surface area (Å²) in [5.74, 6) is -0.856. The van der Waals surface area contributed by atoms with Crippen molar-refractivity contribution in [2.45, 2.75) is 42.5 Å². The zero-order valence-electron chi connectivity index (χ0n) is 12.7. The Labute approximate surface area is 144 Å². The number of aliphatic carboxylic acids is 1. The average molecular weight is 349 g/mol. The van der Waals surface area contributed by atoms with Crippen LogP contribution >= 0.6 is 23.4 Å². The van der Waals surface area contributed by atoms with Crippen molar-refractivity contribution >= 4 is 35.0 Å². The summed E-state index contributed by atoms with van der Waals surface area (Å²) in [6, 6.07) is 7.57. The standard InChI is InChI=1S/C17H17ClN2O2S/c1-10-17(23-12-7-5-11(18)6-8-12)16-13(19)3-2-4-14(16)20(10)9-15(21)22/h5-8,19H,2-4,9H2,1H3,(H,21,22). The fourth-order valence-electron chi connectivity index (χ4n) is 3.00. The third kappa shape index (κ3) is 3.16. The molecule has 0 fully saturated rings. The quantitative estimate of drug-likeness (QED) is 0.861. The molecule has 3 rings (SSSR count). The van der Waals surface area contributed by atoms with Gasteiger partial charge in [-0.2, -0.15) is 0 Å². The summed E-state index contributed by atoms with van der Waals surface area (Å²) in [5, 5.41) is 18.2. The summed E-state index contributed by atoms with van der Waals surface area (Å²) in [5.41, 5.74) is 3.44. The second kappa shape index (κ2) is 6.42. The molecule has 1 aliphatic carbocycles. The third-order valence-electron chi connectivity index (χ3n) is 4.04. The number of fused-ring (bicyclic) bond motifs is 1. The van der Waals surface area contributed by atoms with Crippen molar-refractivity contribution in [3.8, 4) is 0 Å². The maximum atomic E-state index is 11.2. The van der Waals surface area contributed by atoms with E-state index in [4.69, 9.17) is 17.0 Å². The largest absolute Gasteiger partial charge is 0.480 e. The summed E-state index contributed by atoms with van der Waals surface area (Å²) in [7, 11) is 0. The van der Waals surface area contributed by atoms with Gasteiger partial charge in [-0.15, -0.1) is 0 Å². The van der Waals surface area contributed by atoms with Gasteiger partial charge in [-0.25, -0.2) is 0 Å². The molecule has 1 aromatic heterocycles. The number of rotatable bonds is 4. The minimum absolute atomic E-state index is 0.0530. The van der Waals surface area contributed by atoms with Gasteiger partial charge < -0.3 is 15.1 Å². The van der Waals surface area contributed by atoms with Crippen LogP contribution in [0.15, 0.2) is 34.1 Å². The Hall–Kier alpha value is -1.72. The summed E-state index contributed by atoms with van der Waals surface area (Å²) in [6.45, 7) is 1.88. The molecule has 4 nitrogen and oxygen atoms in total. The Balaban J connectivity index is 2.08. The van der Waals surface area contributed by atoms with E-state index in [1.807, 2.05) is 35.8 Å². The van der Waals surface area contributed by atoms with E-state index in [9.17, 15) is 9.90 Å². The van der Waals surface area contributed by atoms with Gasteiger partial charge in [-0.1, -0.05) is 23.4 Å². The average Bonchev–Trinajstić information content (AvgIpc) is 2.76. The highest BCUT2D eigenvalue weighted by atomic mass is 35.5. The molecule has 0 radical (unpaired) electrons. The number of aromatic nitrogens is 1. The van der Waals surface area contributed by atoms with E-state index in [2.05, 4.69) is 0 Å². The molecule has 23 heavy (non-hydrogen) atoms. The van der Waals surface area contributed by atoms with Gasteiger partial charge in [0.15, 0.2) is 0 Å². The van der Waals surface area contributed by atoms with Crippen molar-refractivity contribution in [1.82, 2.24) is 4.57 Å². The van der Waals surface area contributed by atoms with E-state index in [-0.39, 0.29) is 6.54 Å². The second-order valence-corrected chi connectivity index (χ2v) is 7.12. The van der Waals surface area contributed by atoms with Crippen molar-refractivity contribution < 1.29 is 9.90 Å². The van der Waals surface area contributed by atoms with Gasteiger partial charge in [0.05, 0.1) is 0 Å². The van der Waals surface area contributed by atoms with Crippen LogP contribution in [0.3, 0.4) is 0 Å². The minimum Gasteiger partial charge on any atom is -0.480 e. The molecule has 0 atom stereocenters. The molecule has 2 N–H and O–H groups in total. The number of carbonyl (C=O) groups is 1. The summed E-state index contributed by atoms with van der Waals surface area (Å²) >= 11 is 7.51. The molecule has 0 amide bonds. The Kier molecular flexibility index (Phi) is 4.50. The number of hydrogen-bond acceptors (Lipinski definition) is 3. The van der Waals surface area contributed by atoms with Crippen LogP contribution in [0.2, 0.25) is 5.02 Å². The molecular formula is C17H17ClN2O2S. The molecule has 0 spiro atoms. The van der Waals surface area contributed by atoms with Gasteiger partial charge in [-0.05, 0) is 50.5 Å². The van der Waals surface area contributed by atoms with Crippen LogP contribution < -0.4 is 0 Å². The van der Waals surface area contributed by atoms with Gasteiger partial charge in [0.25, 0.3) is 0 Å². The highest BCUT2D eigenvalue weighted by molar-refractivity contribution is 7.99. The SMILES string of the molecule is Cc1c(Sc2ccc(Cl)cc2)c2c(n1CC(=O)O)CCCC2=N. The maximum absolute atomic E-state index is 11.2. The van der Waals surface area contributed by atoms with E-state index in [1.165, 1.54) is 0 Å². The summed E-state index contributed by atoms with van der Waals surface area (Å²) in [4.78, 5) is 13.2. The Morgan fingerprint density at radius 2 is 2.04 bits per heavy atom. The van der Waals surface area contributed by atoms with E-state index in [0.29, 0.717) is 10.7 Å². The lowest BCUT2D eigenvalue weighted by Gasteiger charge is -2.16. The smallest absolute Gasteiger partial charge is 0.323 e. The molecule has 0 bridgehead atoms. The first-order chi connectivity index (χ1) is 11.0. The summed E-state index contributed by atoms with van der Waals surface area (Å²) < 4.78 is 1.85. The molecule has 0 saturated carbocycles. The lowest BCUT2D eigenvalue weighted by molar-refractivity contribution is -0.137. The first-order valence-electron chi connectivity index (χ1n) is 7.42. The first kappa shape index (κ1) is 16.1. The van der Waals surface area contributed by atoms with Crippen LogP contribution in [0.1, 0.15) is 29.8 Å². The fourth-order valence-corrected chi connectivity index (χ4v) is 4.23. The zero-order valence-corrected chi connectivity index (χ0v) is 14.3. The number of carboxylic acids is 1. The van der Waals surface area contributed by atoms with Gasteiger partial charge in [-0.3, -0.25) is 4.79 Å². The second-order valence-electron chi connectivity index (χ2n) is 5.60. The van der Waals surface area contributed by atoms with E-state index in [1.54, 1.807) is 11.8 Å². The van der Waals surface area contributed by atoms with Crippen molar-refractivity contribution in [3.05, 3.63) is 46.2 Å². The van der Waals surface area contributed by atoms with Gasteiger partial charge in [0.1, 0.15) is 6.54 Å². The molecule has 120 valence electrons. The van der Waals surface area contributed by atoms with Gasteiger partial charge in [0, 0.05) is 37.5 Å². The van der Waals surface area contributed by atoms with Crippen LogP contribution in [0.4, 0.5) is 0 Å². The van der Waals surface area contributed by atoms with Crippen LogP contribution in [-0.2, 0) is 17.8 Å². The first-order valence-corrected chi connectivity index (χ1v) is 8.61. The lowest BCUT2D eigenvalue weighted by Crippen LogP contribution is -2.17. The van der Waals surface area contributed by atoms with E-state index in [0.717, 1.165) is 46.0 Å². The Morgan fingerprint density at radius 1 is 1.35 bits per heavy atom. The van der Waals surface area contributed by atoms with Gasteiger partial charge >= 0.3 is 5.97 Å². The molecule has 1 heterocycles. The number of carboxylic acid groups (broad SMARTS) is 1. The van der Waals surface area contributed by atoms with Crippen LogP contribution in [-0.4, -0.2) is 21.4 Å². The number of hydrogen-bond donors (Lipinski definition) is 2. The normalized spacial score (nSPS) is 13.9. The fraction of sp³-hybridized carbons (Fsp3) is 0.294. The maximum Gasteiger partial charge on any atom is 0.323 e. The Bertz CT molecular complexity index is 781. The highest BCUT2D eigenvalue weighted by Gasteiger charge is 2.27. The minimum atomic E-state index is -0.856. The van der Waals surface area contributed by atoms with Gasteiger partial charge in [0.2, 0.25) is 0 Å². The van der Waals surface area contributed by atoms with E-state index < -0.39 is 5.97 Å². The third-order valence-corrected chi connectivity index (χ3v) is 5.51. The van der Waals surface area contributed by atoms with Crippen molar-refractivity contribution in [1.29, 1.82) is 5.41 Å². The molecule has 1 aliphatic rings. The van der Waals surface area contributed by atoms with E-state index >= 15 is 0 Å². The van der Waals surface area contributed by atoms with Crippen molar-refractivity contribution in [2.24, 2.45) is 0 Å². The molecule has 0 unspecified atom stereocenters. The van der Waals surface area contributed by atoms with Crippen molar-refractivity contribution in [2.75, 3.05) is 0 Å². The lowest BCUT2D eigenvalue weighted by atomic mass is 9.96. The summed E-state index contributed by atoms with van der Waals surface area (Å²) in [6.07, 6.45) is 2.48. The monoisotopic (exact) mass is 348 g/mol. The van der Waals surface area contributed by atoms with Crippen LogP contribution in [0, 0.1) is 12.3 Å². The molecule has 0 aliphatic heterocycles.